The maximum atomic E-state index is 11.8. The van der Waals surface area contributed by atoms with Gasteiger partial charge in [-0.2, -0.15) is 0 Å². The van der Waals surface area contributed by atoms with Crippen LogP contribution in [0.5, 0.6) is 5.75 Å². The van der Waals surface area contributed by atoms with Gasteiger partial charge in [0.15, 0.2) is 6.61 Å². The molecule has 0 unspecified atom stereocenters. The second-order valence-electron chi connectivity index (χ2n) is 4.59. The van der Waals surface area contributed by atoms with Gasteiger partial charge >= 0.3 is 5.97 Å². The van der Waals surface area contributed by atoms with Crippen LogP contribution in [-0.2, 0) is 9.59 Å². The van der Waals surface area contributed by atoms with Gasteiger partial charge in [0, 0.05) is 19.0 Å². The van der Waals surface area contributed by atoms with E-state index < -0.39 is 12.6 Å². The number of carboxylic acid groups (broad SMARTS) is 1. The lowest BCUT2D eigenvalue weighted by atomic mass is 10.2. The van der Waals surface area contributed by atoms with Gasteiger partial charge < -0.3 is 20.5 Å². The molecule has 110 valence electrons. The van der Waals surface area contributed by atoms with Gasteiger partial charge in [-0.15, -0.1) is 0 Å². The van der Waals surface area contributed by atoms with Gasteiger partial charge in [-0.1, -0.05) is 26.0 Å². The van der Waals surface area contributed by atoms with Crippen molar-refractivity contribution in [3.63, 3.8) is 0 Å². The number of hydrogen-bond acceptors (Lipinski definition) is 4. The van der Waals surface area contributed by atoms with E-state index in [9.17, 15) is 9.59 Å². The van der Waals surface area contributed by atoms with E-state index in [0.29, 0.717) is 30.4 Å². The van der Waals surface area contributed by atoms with Crippen molar-refractivity contribution in [2.75, 3.05) is 18.5 Å². The Bertz CT molecular complexity index is 460. The molecule has 1 aromatic rings. The van der Waals surface area contributed by atoms with Crippen LogP contribution in [0.25, 0.3) is 0 Å². The molecule has 0 heterocycles. The first kappa shape index (κ1) is 16.0. The number of carbonyl (C=O) groups excluding carboxylic acids is 1. The number of para-hydroxylation sites is 2. The quantitative estimate of drug-likeness (QED) is 0.671. The molecule has 1 amide bonds. The summed E-state index contributed by atoms with van der Waals surface area (Å²) in [5.74, 6) is -0.864. The summed E-state index contributed by atoms with van der Waals surface area (Å²) in [6.07, 6.45) is 0.339. The molecule has 1 aromatic carbocycles. The van der Waals surface area contributed by atoms with Gasteiger partial charge in [-0.3, -0.25) is 4.79 Å². The topological polar surface area (TPSA) is 87.7 Å². The van der Waals surface area contributed by atoms with Crippen LogP contribution in [0.4, 0.5) is 5.69 Å². The fourth-order valence-corrected chi connectivity index (χ4v) is 1.52. The molecule has 0 aliphatic rings. The average molecular weight is 280 g/mol. The number of rotatable bonds is 8. The molecule has 6 heteroatoms. The lowest BCUT2D eigenvalue weighted by molar-refractivity contribution is -0.139. The predicted octanol–water partition coefficient (Wildman–Crippen LogP) is 1.48. The highest BCUT2D eigenvalue weighted by Gasteiger charge is 2.08. The molecule has 3 N–H and O–H groups in total. The lowest BCUT2D eigenvalue weighted by Crippen LogP contribution is -2.27. The summed E-state index contributed by atoms with van der Waals surface area (Å²) in [7, 11) is 0. The number of benzene rings is 1. The number of carboxylic acids is 1. The van der Waals surface area contributed by atoms with E-state index >= 15 is 0 Å². The molecule has 0 aliphatic carbocycles. The van der Waals surface area contributed by atoms with Crippen molar-refractivity contribution in [2.24, 2.45) is 0 Å². The first-order valence-electron chi connectivity index (χ1n) is 6.46. The number of ether oxygens (including phenoxy) is 1. The van der Waals surface area contributed by atoms with Gasteiger partial charge in [0.1, 0.15) is 5.75 Å². The van der Waals surface area contributed by atoms with Crippen LogP contribution >= 0.6 is 0 Å². The van der Waals surface area contributed by atoms with Gasteiger partial charge in [0.25, 0.3) is 0 Å². The summed E-state index contributed by atoms with van der Waals surface area (Å²) in [6, 6.07) is 7.08. The van der Waals surface area contributed by atoms with Crippen LogP contribution in [-0.4, -0.2) is 36.2 Å². The van der Waals surface area contributed by atoms with Crippen LogP contribution in [0.15, 0.2) is 24.3 Å². The van der Waals surface area contributed by atoms with Crippen molar-refractivity contribution < 1.29 is 19.4 Å². The third-order valence-corrected chi connectivity index (χ3v) is 2.42. The summed E-state index contributed by atoms with van der Waals surface area (Å²) in [6.45, 7) is 4.16. The van der Waals surface area contributed by atoms with Crippen molar-refractivity contribution in [1.29, 1.82) is 0 Å². The first-order chi connectivity index (χ1) is 9.49. The van der Waals surface area contributed by atoms with E-state index in [1.807, 2.05) is 13.8 Å². The maximum Gasteiger partial charge on any atom is 0.341 e. The Morgan fingerprint density at radius 1 is 1.30 bits per heavy atom. The Hall–Kier alpha value is -2.08. The number of carbonyl (C=O) groups is 2. The number of amides is 1. The molecule has 0 bridgehead atoms. The minimum atomic E-state index is -1.06. The summed E-state index contributed by atoms with van der Waals surface area (Å²) in [4.78, 5) is 22.3. The molecule has 6 nitrogen and oxygen atoms in total. The fraction of sp³-hybridized carbons (Fsp3) is 0.429. The van der Waals surface area contributed by atoms with Crippen molar-refractivity contribution >= 4 is 17.6 Å². The third kappa shape index (κ3) is 6.19. The Balaban J connectivity index is 2.53. The van der Waals surface area contributed by atoms with Gasteiger partial charge in [-0.05, 0) is 12.1 Å². The highest BCUT2D eigenvalue weighted by Crippen LogP contribution is 2.23. The molecule has 0 spiro atoms. The van der Waals surface area contributed by atoms with Crippen LogP contribution in [0.1, 0.15) is 20.3 Å². The Morgan fingerprint density at radius 2 is 2.00 bits per heavy atom. The maximum absolute atomic E-state index is 11.8. The van der Waals surface area contributed by atoms with Gasteiger partial charge in [0.2, 0.25) is 5.91 Å². The number of nitrogens with one attached hydrogen (secondary N) is 2. The van der Waals surface area contributed by atoms with Crippen molar-refractivity contribution in [3.8, 4) is 5.75 Å². The minimum Gasteiger partial charge on any atom is -0.480 e. The van der Waals surface area contributed by atoms with E-state index in [4.69, 9.17) is 9.84 Å². The third-order valence-electron chi connectivity index (χ3n) is 2.42. The zero-order valence-electron chi connectivity index (χ0n) is 11.7. The zero-order chi connectivity index (χ0) is 15.0. The standard InChI is InChI=1S/C14H20N2O4/c1-10(2)15-8-7-13(17)16-11-5-3-4-6-12(11)20-9-14(18)19/h3-6,10,15H,7-9H2,1-2H3,(H,16,17)(H,18,19). The van der Waals surface area contributed by atoms with Gasteiger partial charge in [-0.25, -0.2) is 4.79 Å². The second kappa shape index (κ2) is 8.16. The van der Waals surface area contributed by atoms with Crippen molar-refractivity contribution in [2.45, 2.75) is 26.3 Å². The first-order valence-corrected chi connectivity index (χ1v) is 6.46. The largest absolute Gasteiger partial charge is 0.480 e. The molecule has 0 saturated heterocycles. The molecular formula is C14H20N2O4. The summed E-state index contributed by atoms with van der Waals surface area (Å²) < 4.78 is 5.11. The molecule has 0 atom stereocenters. The molecule has 0 fully saturated rings. The molecular weight excluding hydrogens is 260 g/mol. The molecule has 0 saturated carbocycles. The SMILES string of the molecule is CC(C)NCCC(=O)Nc1ccccc1OCC(=O)O. The lowest BCUT2D eigenvalue weighted by Gasteiger charge is -2.12. The van der Waals surface area contributed by atoms with Crippen LogP contribution in [0.3, 0.4) is 0 Å². The number of anilines is 1. The number of aliphatic carboxylic acids is 1. The minimum absolute atomic E-state index is 0.149. The van der Waals surface area contributed by atoms with Crippen LogP contribution in [0.2, 0.25) is 0 Å². The molecule has 0 aromatic heterocycles. The molecule has 0 radical (unpaired) electrons. The average Bonchev–Trinajstić information content (AvgIpc) is 2.37. The zero-order valence-corrected chi connectivity index (χ0v) is 11.7. The monoisotopic (exact) mass is 280 g/mol. The number of hydrogen-bond donors (Lipinski definition) is 3. The Morgan fingerprint density at radius 3 is 2.65 bits per heavy atom. The molecule has 20 heavy (non-hydrogen) atoms. The van der Waals surface area contributed by atoms with E-state index in [0.717, 1.165) is 0 Å². The van der Waals surface area contributed by atoms with Gasteiger partial charge in [0.05, 0.1) is 5.69 Å². The van der Waals surface area contributed by atoms with Crippen LogP contribution < -0.4 is 15.4 Å². The fourth-order valence-electron chi connectivity index (χ4n) is 1.52. The van der Waals surface area contributed by atoms with Crippen LogP contribution in [0, 0.1) is 0 Å². The van der Waals surface area contributed by atoms with E-state index in [-0.39, 0.29) is 5.91 Å². The Labute approximate surface area is 118 Å². The Kier molecular flexibility index (Phi) is 6.52. The second-order valence-corrected chi connectivity index (χ2v) is 4.59. The molecule has 1 rings (SSSR count). The van der Waals surface area contributed by atoms with E-state index in [1.54, 1.807) is 24.3 Å². The highest BCUT2D eigenvalue weighted by molar-refractivity contribution is 5.92. The summed E-state index contributed by atoms with van der Waals surface area (Å²) in [5.41, 5.74) is 0.475. The molecule has 0 aliphatic heterocycles. The normalized spacial score (nSPS) is 10.3. The van der Waals surface area contributed by atoms with E-state index in [2.05, 4.69) is 10.6 Å². The smallest absolute Gasteiger partial charge is 0.341 e. The van der Waals surface area contributed by atoms with E-state index in [1.165, 1.54) is 0 Å². The summed E-state index contributed by atoms with van der Waals surface area (Å²) >= 11 is 0. The van der Waals surface area contributed by atoms with Crippen molar-refractivity contribution in [3.05, 3.63) is 24.3 Å². The predicted molar refractivity (Wildman–Crippen MR) is 76.0 cm³/mol. The van der Waals surface area contributed by atoms with Crippen molar-refractivity contribution in [1.82, 2.24) is 5.32 Å². The highest BCUT2D eigenvalue weighted by atomic mass is 16.5. The summed E-state index contributed by atoms with van der Waals surface area (Å²) in [5, 5.41) is 14.5.